The van der Waals surface area contributed by atoms with Gasteiger partial charge >= 0.3 is 6.03 Å². The third-order valence-corrected chi connectivity index (χ3v) is 3.00. The smallest absolute Gasteiger partial charge is 0.312 e. The lowest BCUT2D eigenvalue weighted by Gasteiger charge is -2.12. The molecule has 0 aliphatic heterocycles. The number of carbonyl (C=O) groups excluding carboxylic acids is 2. The SMILES string of the molecule is NC(=O)NCc1c(C=O)[nH]c2c1CCCC2. The molecular weight excluding hydrogens is 206 g/mol. The Hall–Kier alpha value is -1.78. The molecule has 0 unspecified atom stereocenters. The summed E-state index contributed by atoms with van der Waals surface area (Å²) in [5, 5.41) is 2.53. The summed E-state index contributed by atoms with van der Waals surface area (Å²) in [4.78, 5) is 24.7. The van der Waals surface area contributed by atoms with Crippen molar-refractivity contribution in [1.82, 2.24) is 10.3 Å². The summed E-state index contributed by atoms with van der Waals surface area (Å²) < 4.78 is 0. The van der Waals surface area contributed by atoms with Crippen LogP contribution in [-0.2, 0) is 19.4 Å². The highest BCUT2D eigenvalue weighted by molar-refractivity contribution is 5.77. The van der Waals surface area contributed by atoms with E-state index >= 15 is 0 Å². The van der Waals surface area contributed by atoms with E-state index in [0.717, 1.165) is 43.2 Å². The van der Waals surface area contributed by atoms with Crippen molar-refractivity contribution >= 4 is 12.3 Å². The van der Waals surface area contributed by atoms with E-state index < -0.39 is 6.03 Å². The van der Waals surface area contributed by atoms with Gasteiger partial charge < -0.3 is 16.0 Å². The number of fused-ring (bicyclic) bond motifs is 1. The van der Waals surface area contributed by atoms with Crippen molar-refractivity contribution < 1.29 is 9.59 Å². The summed E-state index contributed by atoms with van der Waals surface area (Å²) in [6, 6.07) is -0.567. The van der Waals surface area contributed by atoms with Crippen LogP contribution in [0.25, 0.3) is 0 Å². The van der Waals surface area contributed by atoms with Crippen LogP contribution in [0.3, 0.4) is 0 Å². The molecule has 1 aromatic rings. The Morgan fingerprint density at radius 2 is 2.19 bits per heavy atom. The average molecular weight is 221 g/mol. The van der Waals surface area contributed by atoms with E-state index in [4.69, 9.17) is 5.73 Å². The molecule has 5 nitrogen and oxygen atoms in total. The number of nitrogens with one attached hydrogen (secondary N) is 2. The number of primary amides is 1. The molecule has 86 valence electrons. The van der Waals surface area contributed by atoms with Crippen LogP contribution in [0.1, 0.15) is 40.2 Å². The molecule has 4 N–H and O–H groups in total. The molecule has 0 saturated heterocycles. The highest BCUT2D eigenvalue weighted by atomic mass is 16.2. The summed E-state index contributed by atoms with van der Waals surface area (Å²) in [7, 11) is 0. The number of hydrogen-bond acceptors (Lipinski definition) is 2. The largest absolute Gasteiger partial charge is 0.356 e. The molecule has 0 spiro atoms. The van der Waals surface area contributed by atoms with Gasteiger partial charge in [-0.1, -0.05) is 0 Å². The topological polar surface area (TPSA) is 88.0 Å². The van der Waals surface area contributed by atoms with Crippen molar-refractivity contribution in [2.45, 2.75) is 32.2 Å². The van der Waals surface area contributed by atoms with E-state index in [9.17, 15) is 9.59 Å². The maximum atomic E-state index is 10.9. The fourth-order valence-electron chi connectivity index (χ4n) is 2.25. The monoisotopic (exact) mass is 221 g/mol. The Kier molecular flexibility index (Phi) is 2.94. The van der Waals surface area contributed by atoms with Crippen molar-refractivity contribution in [3.63, 3.8) is 0 Å². The quantitative estimate of drug-likeness (QED) is 0.661. The van der Waals surface area contributed by atoms with Crippen molar-refractivity contribution in [3.05, 3.63) is 22.5 Å². The van der Waals surface area contributed by atoms with Crippen LogP contribution in [-0.4, -0.2) is 17.3 Å². The number of aldehydes is 1. The first-order valence-corrected chi connectivity index (χ1v) is 5.43. The normalized spacial score (nSPS) is 14.2. The Balaban J connectivity index is 2.29. The molecule has 16 heavy (non-hydrogen) atoms. The van der Waals surface area contributed by atoms with E-state index in [1.165, 1.54) is 5.56 Å². The highest BCUT2D eigenvalue weighted by Gasteiger charge is 2.19. The molecule has 0 saturated carbocycles. The number of carbonyl (C=O) groups is 2. The Morgan fingerprint density at radius 1 is 1.44 bits per heavy atom. The van der Waals surface area contributed by atoms with E-state index in [2.05, 4.69) is 10.3 Å². The third kappa shape index (κ3) is 1.93. The number of nitrogens with two attached hydrogens (primary N) is 1. The third-order valence-electron chi connectivity index (χ3n) is 3.00. The van der Waals surface area contributed by atoms with Crippen LogP contribution in [0.4, 0.5) is 4.79 Å². The van der Waals surface area contributed by atoms with E-state index in [0.29, 0.717) is 12.2 Å². The molecule has 2 rings (SSSR count). The summed E-state index contributed by atoms with van der Waals surface area (Å²) in [6.45, 7) is 0.329. The second kappa shape index (κ2) is 4.38. The number of H-pyrrole nitrogens is 1. The molecule has 0 radical (unpaired) electrons. The molecule has 0 atom stereocenters. The van der Waals surface area contributed by atoms with Gasteiger partial charge in [0.25, 0.3) is 0 Å². The lowest BCUT2D eigenvalue weighted by atomic mass is 9.94. The van der Waals surface area contributed by atoms with Crippen molar-refractivity contribution in [3.8, 4) is 0 Å². The molecular formula is C11H15N3O2. The van der Waals surface area contributed by atoms with Crippen LogP contribution in [0, 0.1) is 0 Å². The summed E-state index contributed by atoms with van der Waals surface area (Å²) in [6.07, 6.45) is 5.03. The van der Waals surface area contributed by atoms with E-state index in [1.807, 2.05) is 0 Å². The zero-order valence-corrected chi connectivity index (χ0v) is 9.01. The molecule has 1 heterocycles. The minimum Gasteiger partial charge on any atom is -0.356 e. The van der Waals surface area contributed by atoms with Crippen molar-refractivity contribution in [2.75, 3.05) is 0 Å². The Morgan fingerprint density at radius 3 is 2.88 bits per heavy atom. The van der Waals surface area contributed by atoms with Crippen LogP contribution < -0.4 is 11.1 Å². The maximum Gasteiger partial charge on any atom is 0.312 e. The molecule has 5 heteroatoms. The van der Waals surface area contributed by atoms with Gasteiger partial charge in [0.05, 0.1) is 5.69 Å². The molecule has 1 aromatic heterocycles. The zero-order chi connectivity index (χ0) is 11.5. The molecule has 1 aliphatic carbocycles. The average Bonchev–Trinajstić information content (AvgIpc) is 2.64. The molecule has 0 bridgehead atoms. The van der Waals surface area contributed by atoms with Gasteiger partial charge in [-0.2, -0.15) is 0 Å². The number of urea groups is 1. The number of rotatable bonds is 3. The first kappa shape index (κ1) is 10.7. The van der Waals surface area contributed by atoms with Crippen LogP contribution in [0.2, 0.25) is 0 Å². The number of aryl methyl sites for hydroxylation is 1. The molecule has 0 aromatic carbocycles. The molecule has 0 fully saturated rings. The minimum absolute atomic E-state index is 0.329. The van der Waals surface area contributed by atoms with Gasteiger partial charge in [-0.05, 0) is 31.2 Å². The van der Waals surface area contributed by atoms with Gasteiger partial charge in [0.15, 0.2) is 6.29 Å². The van der Waals surface area contributed by atoms with E-state index in [-0.39, 0.29) is 0 Å². The maximum absolute atomic E-state index is 10.9. The number of hydrogen-bond donors (Lipinski definition) is 3. The minimum atomic E-state index is -0.567. The van der Waals surface area contributed by atoms with Gasteiger partial charge in [0, 0.05) is 17.8 Å². The summed E-state index contributed by atoms with van der Waals surface area (Å²) >= 11 is 0. The van der Waals surface area contributed by atoms with Crippen LogP contribution in [0.5, 0.6) is 0 Å². The lowest BCUT2D eigenvalue weighted by molar-refractivity contribution is 0.111. The van der Waals surface area contributed by atoms with Gasteiger partial charge in [-0.3, -0.25) is 4.79 Å². The first-order chi connectivity index (χ1) is 7.72. The predicted octanol–water partition coefficient (Wildman–Crippen LogP) is 0.874. The first-order valence-electron chi connectivity index (χ1n) is 5.43. The Bertz CT molecular complexity index is 423. The van der Waals surface area contributed by atoms with Crippen molar-refractivity contribution in [2.24, 2.45) is 5.73 Å². The van der Waals surface area contributed by atoms with Gasteiger partial charge in [0.2, 0.25) is 0 Å². The number of aromatic nitrogens is 1. The molecule has 2 amide bonds. The highest BCUT2D eigenvalue weighted by Crippen LogP contribution is 2.26. The fraction of sp³-hybridized carbons (Fsp3) is 0.455. The lowest BCUT2D eigenvalue weighted by Crippen LogP contribution is -2.29. The standard InChI is InChI=1S/C11H15N3O2/c12-11(16)13-5-8-7-3-1-2-4-9(7)14-10(8)6-15/h6,14H,1-5H2,(H3,12,13,16). The predicted molar refractivity (Wildman–Crippen MR) is 59.2 cm³/mol. The van der Waals surface area contributed by atoms with Gasteiger partial charge in [-0.15, -0.1) is 0 Å². The second-order valence-corrected chi connectivity index (χ2v) is 4.02. The fourth-order valence-corrected chi connectivity index (χ4v) is 2.25. The summed E-state index contributed by atoms with van der Waals surface area (Å²) in [5.41, 5.74) is 8.81. The van der Waals surface area contributed by atoms with Gasteiger partial charge in [0.1, 0.15) is 0 Å². The zero-order valence-electron chi connectivity index (χ0n) is 9.01. The number of amides is 2. The second-order valence-electron chi connectivity index (χ2n) is 4.02. The van der Waals surface area contributed by atoms with Crippen LogP contribution in [0.15, 0.2) is 0 Å². The van der Waals surface area contributed by atoms with Gasteiger partial charge in [-0.25, -0.2) is 4.79 Å². The molecule has 1 aliphatic rings. The summed E-state index contributed by atoms with van der Waals surface area (Å²) in [5.74, 6) is 0. The van der Waals surface area contributed by atoms with E-state index in [1.54, 1.807) is 0 Å². The Labute approximate surface area is 93.4 Å². The number of aromatic amines is 1. The van der Waals surface area contributed by atoms with Crippen LogP contribution >= 0.6 is 0 Å². The van der Waals surface area contributed by atoms with Crippen molar-refractivity contribution in [1.29, 1.82) is 0 Å².